The zero-order valence-corrected chi connectivity index (χ0v) is 9.15. The summed E-state index contributed by atoms with van der Waals surface area (Å²) in [6, 6.07) is 0. The summed E-state index contributed by atoms with van der Waals surface area (Å²) in [6.45, 7) is 0. The number of hydrogen-bond donors (Lipinski definition) is 2. The molecule has 59 valence electrons. The van der Waals surface area contributed by atoms with Crippen LogP contribution in [-0.2, 0) is 44.0 Å². The van der Waals surface area contributed by atoms with E-state index in [1.807, 2.05) is 0 Å². The van der Waals surface area contributed by atoms with E-state index in [0.29, 0.717) is 0 Å². The summed E-state index contributed by atoms with van der Waals surface area (Å²) >= 11 is -2.18. The van der Waals surface area contributed by atoms with Crippen LogP contribution in [-0.4, -0.2) is 27.5 Å². The van der Waals surface area contributed by atoms with E-state index in [2.05, 4.69) is 14.6 Å². The van der Waals surface area contributed by atoms with E-state index in [1.165, 1.54) is 0 Å². The average Bonchev–Trinajstić information content (AvgIpc) is 1.87. The van der Waals surface area contributed by atoms with Crippen LogP contribution in [0.5, 0.6) is 0 Å². The van der Waals surface area contributed by atoms with Crippen molar-refractivity contribution in [2.45, 2.75) is 0 Å². The maximum atomic E-state index is 9.82. The molecule has 0 spiro atoms. The molecule has 11 heavy (non-hydrogen) atoms. The van der Waals surface area contributed by atoms with E-state index in [0.717, 1.165) is 18.8 Å². The molecule has 0 bridgehead atoms. The summed E-state index contributed by atoms with van der Waals surface area (Å²) in [5, 5.41) is 6.51. The van der Waals surface area contributed by atoms with E-state index in [9.17, 15) is 4.21 Å². The summed E-state index contributed by atoms with van der Waals surface area (Å²) in [4.78, 5) is 0. The first kappa shape index (κ1) is 13.6. The monoisotopic (exact) mass is 251 g/mol. The molecule has 6 nitrogen and oxygen atoms in total. The van der Waals surface area contributed by atoms with Gasteiger partial charge in [0.05, 0.1) is 12.4 Å². The second kappa shape index (κ2) is 10.0. The molecule has 0 rings (SSSR count). The first-order valence-corrected chi connectivity index (χ1v) is 3.24. The van der Waals surface area contributed by atoms with Crippen molar-refractivity contribution in [3.8, 4) is 0 Å². The molecule has 0 aromatic rings. The zero-order valence-electron chi connectivity index (χ0n) is 5.49. The minimum absolute atomic E-state index is 0. The Kier molecular flexibility index (Phi) is 12.4. The van der Waals surface area contributed by atoms with Gasteiger partial charge in [0.25, 0.3) is 11.3 Å². The van der Waals surface area contributed by atoms with E-state index in [1.54, 1.807) is 0 Å². The van der Waals surface area contributed by atoms with E-state index in [-0.39, 0.29) is 32.7 Å². The van der Waals surface area contributed by atoms with Crippen LogP contribution in [0.15, 0.2) is 14.6 Å². The normalized spacial score (nSPS) is 14.3. The standard InChI is InChI=1S/C3H6N4O2S.Y/c4-3-6-5-1-2-7-10(8)9;/h1-3H,(H2,4,6)(H,8,9);/b5-1?,7-2-;. The zero-order chi connectivity index (χ0) is 7.82. The van der Waals surface area contributed by atoms with Gasteiger partial charge in [0.1, 0.15) is 6.34 Å². The third-order valence-corrected chi connectivity index (χ3v) is 0.720. The van der Waals surface area contributed by atoms with Crippen LogP contribution in [0.4, 0.5) is 0 Å². The number of hydrogen-bond acceptors (Lipinski definition) is 3. The molecular formula is C3H6N4O2SY. The van der Waals surface area contributed by atoms with Gasteiger partial charge in [-0.05, 0) is 0 Å². The molecule has 3 N–H and O–H groups in total. The van der Waals surface area contributed by atoms with Crippen LogP contribution in [0.2, 0.25) is 0 Å². The van der Waals surface area contributed by atoms with Gasteiger partial charge in [-0.2, -0.15) is 9.50 Å². The smallest absolute Gasteiger partial charge is 0.281 e. The van der Waals surface area contributed by atoms with E-state index >= 15 is 0 Å². The molecule has 0 heterocycles. The molecule has 0 aromatic heterocycles. The maximum absolute atomic E-state index is 9.82. The van der Waals surface area contributed by atoms with Crippen LogP contribution in [0.25, 0.3) is 0 Å². The van der Waals surface area contributed by atoms with Crippen molar-refractivity contribution in [2.75, 3.05) is 0 Å². The molecular weight excluding hydrogens is 245 g/mol. The Morgan fingerprint density at radius 1 is 1.36 bits per heavy atom. The van der Waals surface area contributed by atoms with Gasteiger partial charge in [-0.15, -0.1) is 5.10 Å². The Hall–Kier alpha value is 0.0239. The third-order valence-electron chi connectivity index (χ3n) is 0.418. The minimum Gasteiger partial charge on any atom is -0.388 e. The van der Waals surface area contributed by atoms with Gasteiger partial charge >= 0.3 is 0 Å². The van der Waals surface area contributed by atoms with Gasteiger partial charge in [0.15, 0.2) is 0 Å². The van der Waals surface area contributed by atoms with Gasteiger partial charge in [0.2, 0.25) is 0 Å². The minimum atomic E-state index is -2.18. The molecule has 0 aliphatic heterocycles. The Morgan fingerprint density at radius 2 is 2.00 bits per heavy atom. The van der Waals surface area contributed by atoms with Crippen molar-refractivity contribution in [3.05, 3.63) is 0 Å². The summed E-state index contributed by atoms with van der Waals surface area (Å²) in [5.41, 5.74) is 4.81. The van der Waals surface area contributed by atoms with Gasteiger partial charge in [-0.3, -0.25) is 4.55 Å². The number of nitrogens with zero attached hydrogens (tertiary/aromatic N) is 3. The fourth-order valence-electron chi connectivity index (χ4n) is 0.186. The fraction of sp³-hybridized carbons (Fsp3) is 0. The Bertz CT molecular complexity index is 192. The number of nitrogens with two attached hydrogens (primary N) is 1. The Balaban J connectivity index is 0. The van der Waals surface area contributed by atoms with Crippen molar-refractivity contribution < 1.29 is 41.5 Å². The molecule has 8 heteroatoms. The number of rotatable bonds is 3. The van der Waals surface area contributed by atoms with E-state index < -0.39 is 11.3 Å². The summed E-state index contributed by atoms with van der Waals surface area (Å²) in [7, 11) is 0. The molecule has 0 saturated heterocycles. The van der Waals surface area contributed by atoms with Crippen LogP contribution in [0.3, 0.4) is 0 Å². The van der Waals surface area contributed by atoms with Crippen LogP contribution in [0, 0.1) is 0 Å². The molecule has 0 aromatic carbocycles. The van der Waals surface area contributed by atoms with Crippen LogP contribution < -0.4 is 5.73 Å². The van der Waals surface area contributed by atoms with Crippen molar-refractivity contribution in [2.24, 2.45) is 20.3 Å². The fourth-order valence-corrected chi connectivity index (χ4v) is 0.345. The van der Waals surface area contributed by atoms with Crippen LogP contribution >= 0.6 is 0 Å². The quantitative estimate of drug-likeness (QED) is 0.296. The SMILES string of the molecule is NC=NN=C/C=N\S(=O)O.[Y]. The van der Waals surface area contributed by atoms with E-state index in [4.69, 9.17) is 10.3 Å². The Labute approximate surface area is 91.4 Å². The van der Waals surface area contributed by atoms with Crippen molar-refractivity contribution in [3.63, 3.8) is 0 Å². The first-order valence-electron chi connectivity index (χ1n) is 2.17. The second-order valence-electron chi connectivity index (χ2n) is 1.01. The molecule has 0 saturated carbocycles. The van der Waals surface area contributed by atoms with Gasteiger partial charge in [0, 0.05) is 32.7 Å². The largest absolute Gasteiger partial charge is 0.388 e. The summed E-state index contributed by atoms with van der Waals surface area (Å²) in [5.74, 6) is 0. The Morgan fingerprint density at radius 3 is 2.45 bits per heavy atom. The topological polar surface area (TPSA) is 100 Å². The molecule has 1 radical (unpaired) electrons. The van der Waals surface area contributed by atoms with Gasteiger partial charge < -0.3 is 5.73 Å². The average molecular weight is 251 g/mol. The van der Waals surface area contributed by atoms with Crippen molar-refractivity contribution in [1.29, 1.82) is 0 Å². The van der Waals surface area contributed by atoms with Gasteiger partial charge in [-0.1, -0.05) is 0 Å². The van der Waals surface area contributed by atoms with Crippen molar-refractivity contribution >= 4 is 30.0 Å². The molecule has 0 aliphatic rings. The molecule has 0 aliphatic carbocycles. The molecule has 0 fully saturated rings. The van der Waals surface area contributed by atoms with Crippen molar-refractivity contribution in [1.82, 2.24) is 0 Å². The molecule has 0 amide bonds. The predicted octanol–water partition coefficient (Wildman–Crippen LogP) is -0.836. The van der Waals surface area contributed by atoms with Crippen LogP contribution in [0.1, 0.15) is 0 Å². The third kappa shape index (κ3) is 13.1. The summed E-state index contributed by atoms with van der Waals surface area (Å²) < 4.78 is 20.9. The molecule has 1 atom stereocenters. The predicted molar refractivity (Wildman–Crippen MR) is 40.4 cm³/mol. The first-order chi connectivity index (χ1) is 4.77. The second-order valence-corrected chi connectivity index (χ2v) is 1.69. The molecule has 1 unspecified atom stereocenters. The summed E-state index contributed by atoms with van der Waals surface area (Å²) in [6.07, 6.45) is 3.17. The maximum Gasteiger partial charge on any atom is 0.281 e. The van der Waals surface area contributed by atoms with Gasteiger partial charge in [-0.25, -0.2) is 4.21 Å².